The zero-order valence-electron chi connectivity index (χ0n) is 19.4. The molecule has 2 aromatic carbocycles. The number of piperidine rings is 1. The van der Waals surface area contributed by atoms with Gasteiger partial charge in [-0.15, -0.1) is 0 Å². The van der Waals surface area contributed by atoms with E-state index >= 15 is 0 Å². The molecule has 1 fully saturated rings. The number of aromatic nitrogens is 2. The quantitative estimate of drug-likeness (QED) is 0.501. The molecule has 1 aliphatic heterocycles. The SMILES string of the molecule is COc1cc(Cl)c(NC(=O)C2CCN(c3nccnc3Oc3ccc(C)cc3)CC2)c(OC)c1. The molecule has 2 heterocycles. The van der Waals surface area contributed by atoms with Crippen LogP contribution in [0, 0.1) is 12.8 Å². The molecule has 178 valence electrons. The van der Waals surface area contributed by atoms with Gasteiger partial charge in [0.1, 0.15) is 22.9 Å². The molecule has 0 spiro atoms. The van der Waals surface area contributed by atoms with Crippen LogP contribution in [0.25, 0.3) is 0 Å². The van der Waals surface area contributed by atoms with Crippen LogP contribution in [-0.2, 0) is 4.79 Å². The number of hydrogen-bond acceptors (Lipinski definition) is 7. The van der Waals surface area contributed by atoms with Gasteiger partial charge in [0.15, 0.2) is 5.82 Å². The molecular weight excluding hydrogens is 456 g/mol. The molecular formula is C25H27ClN4O4. The van der Waals surface area contributed by atoms with Crippen molar-refractivity contribution in [3.8, 4) is 23.1 Å². The Labute approximate surface area is 203 Å². The number of aryl methyl sites for hydroxylation is 1. The van der Waals surface area contributed by atoms with Crippen molar-refractivity contribution in [2.75, 3.05) is 37.5 Å². The summed E-state index contributed by atoms with van der Waals surface area (Å²) in [5, 5.41) is 3.29. The van der Waals surface area contributed by atoms with E-state index in [9.17, 15) is 4.79 Å². The number of amides is 1. The zero-order chi connectivity index (χ0) is 24.1. The topological polar surface area (TPSA) is 85.8 Å². The average Bonchev–Trinajstić information content (AvgIpc) is 2.86. The van der Waals surface area contributed by atoms with E-state index in [1.54, 1.807) is 31.6 Å². The lowest BCUT2D eigenvalue weighted by Gasteiger charge is -2.32. The number of methoxy groups -OCH3 is 2. The number of anilines is 2. The summed E-state index contributed by atoms with van der Waals surface area (Å²) in [6.07, 6.45) is 4.57. The van der Waals surface area contributed by atoms with Crippen LogP contribution in [0.1, 0.15) is 18.4 Å². The van der Waals surface area contributed by atoms with E-state index in [1.807, 2.05) is 31.2 Å². The van der Waals surface area contributed by atoms with E-state index in [2.05, 4.69) is 20.2 Å². The van der Waals surface area contributed by atoms with E-state index in [-0.39, 0.29) is 11.8 Å². The highest BCUT2D eigenvalue weighted by Gasteiger charge is 2.28. The number of halogens is 1. The third-order valence-corrected chi connectivity index (χ3v) is 6.08. The normalized spacial score (nSPS) is 13.9. The Bertz CT molecular complexity index is 1150. The number of ether oxygens (including phenoxy) is 3. The van der Waals surface area contributed by atoms with Gasteiger partial charge in [-0.1, -0.05) is 29.3 Å². The Morgan fingerprint density at radius 2 is 1.74 bits per heavy atom. The number of nitrogens with one attached hydrogen (secondary N) is 1. The molecule has 4 rings (SSSR count). The third kappa shape index (κ3) is 5.34. The van der Waals surface area contributed by atoms with Crippen LogP contribution in [0.3, 0.4) is 0 Å². The van der Waals surface area contributed by atoms with Gasteiger partial charge in [-0.25, -0.2) is 9.97 Å². The first-order valence-electron chi connectivity index (χ1n) is 11.0. The first-order chi connectivity index (χ1) is 16.5. The Morgan fingerprint density at radius 3 is 2.41 bits per heavy atom. The summed E-state index contributed by atoms with van der Waals surface area (Å²) >= 11 is 6.36. The standard InChI is InChI=1S/C25H27ClN4O4/c1-16-4-6-18(7-5-16)34-25-23(27-10-11-28-25)30-12-8-17(9-13-30)24(31)29-22-20(26)14-19(32-2)15-21(22)33-3/h4-7,10-11,14-15,17H,8-9,12-13H2,1-3H3,(H,29,31). The predicted molar refractivity (Wildman–Crippen MR) is 131 cm³/mol. The minimum Gasteiger partial charge on any atom is -0.497 e. The second-order valence-electron chi connectivity index (χ2n) is 8.04. The van der Waals surface area contributed by atoms with Crippen molar-refractivity contribution >= 4 is 29.0 Å². The molecule has 1 aliphatic rings. The third-order valence-electron chi connectivity index (χ3n) is 5.78. The summed E-state index contributed by atoms with van der Waals surface area (Å²) in [5.74, 6) is 2.56. The van der Waals surface area contributed by atoms with Crippen LogP contribution in [0.2, 0.25) is 5.02 Å². The molecule has 1 aromatic heterocycles. The highest BCUT2D eigenvalue weighted by atomic mass is 35.5. The first kappa shape index (κ1) is 23.6. The number of carbonyl (C=O) groups excluding carboxylic acids is 1. The van der Waals surface area contributed by atoms with Crippen LogP contribution in [-0.4, -0.2) is 43.2 Å². The van der Waals surface area contributed by atoms with Crippen molar-refractivity contribution in [2.45, 2.75) is 19.8 Å². The smallest absolute Gasteiger partial charge is 0.263 e. The van der Waals surface area contributed by atoms with Gasteiger partial charge in [-0.05, 0) is 31.9 Å². The first-order valence-corrected chi connectivity index (χ1v) is 11.4. The summed E-state index contributed by atoms with van der Waals surface area (Å²) in [6.45, 7) is 3.32. The van der Waals surface area contributed by atoms with Gasteiger partial charge in [-0.3, -0.25) is 4.79 Å². The van der Waals surface area contributed by atoms with Gasteiger partial charge >= 0.3 is 0 Å². The maximum atomic E-state index is 13.0. The Hall–Kier alpha value is -3.52. The van der Waals surface area contributed by atoms with E-state index in [1.165, 1.54) is 7.11 Å². The van der Waals surface area contributed by atoms with E-state index in [4.69, 9.17) is 25.8 Å². The lowest BCUT2D eigenvalue weighted by molar-refractivity contribution is -0.120. The van der Waals surface area contributed by atoms with Crippen LogP contribution in [0.15, 0.2) is 48.8 Å². The molecule has 0 unspecified atom stereocenters. The second kappa shape index (κ2) is 10.6. The molecule has 0 bridgehead atoms. The Kier molecular flexibility index (Phi) is 7.37. The summed E-state index contributed by atoms with van der Waals surface area (Å²) in [7, 11) is 3.07. The van der Waals surface area contributed by atoms with E-state index < -0.39 is 0 Å². The fraction of sp³-hybridized carbons (Fsp3) is 0.320. The summed E-state index contributed by atoms with van der Waals surface area (Å²) < 4.78 is 16.6. The molecule has 0 atom stereocenters. The number of nitrogens with zero attached hydrogens (tertiary/aromatic N) is 3. The number of carbonyl (C=O) groups is 1. The molecule has 34 heavy (non-hydrogen) atoms. The largest absolute Gasteiger partial charge is 0.497 e. The van der Waals surface area contributed by atoms with Crippen molar-refractivity contribution in [2.24, 2.45) is 5.92 Å². The highest BCUT2D eigenvalue weighted by molar-refractivity contribution is 6.34. The van der Waals surface area contributed by atoms with Crippen molar-refractivity contribution in [3.63, 3.8) is 0 Å². The van der Waals surface area contributed by atoms with Crippen LogP contribution >= 0.6 is 11.6 Å². The molecule has 0 radical (unpaired) electrons. The highest BCUT2D eigenvalue weighted by Crippen LogP contribution is 2.38. The fourth-order valence-electron chi connectivity index (χ4n) is 3.86. The number of benzene rings is 2. The molecule has 8 nitrogen and oxygen atoms in total. The Balaban J connectivity index is 1.41. The molecule has 9 heteroatoms. The second-order valence-corrected chi connectivity index (χ2v) is 8.44. The maximum Gasteiger partial charge on any atom is 0.263 e. The average molecular weight is 483 g/mol. The molecule has 1 saturated heterocycles. The summed E-state index contributed by atoms with van der Waals surface area (Å²) in [5.41, 5.74) is 1.60. The number of hydrogen-bond donors (Lipinski definition) is 1. The van der Waals surface area contributed by atoms with Crippen molar-refractivity contribution in [1.29, 1.82) is 0 Å². The molecule has 0 saturated carbocycles. The molecule has 1 amide bonds. The monoisotopic (exact) mass is 482 g/mol. The van der Waals surface area contributed by atoms with Crippen LogP contribution in [0.4, 0.5) is 11.5 Å². The lowest BCUT2D eigenvalue weighted by atomic mass is 9.95. The van der Waals surface area contributed by atoms with Crippen molar-refractivity contribution < 1.29 is 19.0 Å². The summed E-state index contributed by atoms with van der Waals surface area (Å²) in [6, 6.07) is 11.1. The van der Waals surface area contributed by atoms with Crippen molar-refractivity contribution in [3.05, 3.63) is 59.4 Å². The van der Waals surface area contributed by atoms with Gasteiger partial charge in [0, 0.05) is 43.5 Å². The fourth-order valence-corrected chi connectivity index (χ4v) is 4.11. The van der Waals surface area contributed by atoms with Crippen LogP contribution < -0.4 is 24.4 Å². The minimum atomic E-state index is -0.169. The van der Waals surface area contributed by atoms with Gasteiger partial charge < -0.3 is 24.4 Å². The van der Waals surface area contributed by atoms with Gasteiger partial charge in [0.2, 0.25) is 5.91 Å². The molecule has 3 aromatic rings. The van der Waals surface area contributed by atoms with Gasteiger partial charge in [0.25, 0.3) is 5.88 Å². The number of rotatable bonds is 7. The Morgan fingerprint density at radius 1 is 1.03 bits per heavy atom. The van der Waals surface area contributed by atoms with Gasteiger partial charge in [-0.2, -0.15) is 0 Å². The predicted octanol–water partition coefficient (Wildman–Crippen LogP) is 5.10. The van der Waals surface area contributed by atoms with Gasteiger partial charge in [0.05, 0.1) is 19.2 Å². The minimum absolute atomic E-state index is 0.0970. The van der Waals surface area contributed by atoms with E-state index in [0.717, 1.165) is 5.56 Å². The van der Waals surface area contributed by atoms with Crippen molar-refractivity contribution in [1.82, 2.24) is 9.97 Å². The molecule has 0 aliphatic carbocycles. The van der Waals surface area contributed by atoms with E-state index in [0.29, 0.717) is 65.6 Å². The van der Waals surface area contributed by atoms with Crippen LogP contribution in [0.5, 0.6) is 23.1 Å². The maximum absolute atomic E-state index is 13.0. The molecule has 1 N–H and O–H groups in total. The zero-order valence-corrected chi connectivity index (χ0v) is 20.1. The summed E-state index contributed by atoms with van der Waals surface area (Å²) in [4.78, 5) is 24.0. The lowest BCUT2D eigenvalue weighted by Crippen LogP contribution is -2.38.